The van der Waals surface area contributed by atoms with E-state index in [9.17, 15) is 13.2 Å². The highest BCUT2D eigenvalue weighted by Crippen LogP contribution is 2.53. The average molecular weight is 461 g/mol. The van der Waals surface area contributed by atoms with Gasteiger partial charge in [-0.25, -0.2) is 8.42 Å². The fraction of sp³-hybridized carbons (Fsp3) is 0.654. The number of hydrogen-bond acceptors (Lipinski definition) is 5. The van der Waals surface area contributed by atoms with Crippen LogP contribution in [0, 0.1) is 29.6 Å². The van der Waals surface area contributed by atoms with Gasteiger partial charge in [0, 0.05) is 31.0 Å². The monoisotopic (exact) mass is 460 g/mol. The second kappa shape index (κ2) is 9.40. The first-order valence-corrected chi connectivity index (χ1v) is 13.4. The Balaban J connectivity index is 1.74. The predicted molar refractivity (Wildman–Crippen MR) is 124 cm³/mol. The molecule has 1 saturated heterocycles. The number of methoxy groups -OCH3 is 1. The zero-order valence-electron chi connectivity index (χ0n) is 19.6. The minimum Gasteiger partial charge on any atom is -0.384 e. The largest absolute Gasteiger partial charge is 0.384 e. The highest BCUT2D eigenvalue weighted by atomic mass is 32.2. The van der Waals surface area contributed by atoms with Gasteiger partial charge in [0.15, 0.2) is 5.78 Å². The van der Waals surface area contributed by atoms with Gasteiger partial charge in [0.05, 0.1) is 11.0 Å². The van der Waals surface area contributed by atoms with Crippen LogP contribution in [-0.4, -0.2) is 40.1 Å². The van der Waals surface area contributed by atoms with Crippen molar-refractivity contribution in [1.82, 2.24) is 0 Å². The molecule has 0 N–H and O–H groups in total. The molecule has 0 radical (unpaired) electrons. The third-order valence-electron chi connectivity index (χ3n) is 7.97. The van der Waals surface area contributed by atoms with Crippen LogP contribution in [0.3, 0.4) is 0 Å². The summed E-state index contributed by atoms with van der Waals surface area (Å²) in [6, 6.07) is 8.55. The Bertz CT molecular complexity index is 965. The number of fused-ring (bicyclic) bond motifs is 5. The first-order chi connectivity index (χ1) is 15.3. The molecule has 1 aromatic carbocycles. The van der Waals surface area contributed by atoms with Gasteiger partial charge in [0.2, 0.25) is 9.84 Å². The molecule has 4 rings (SSSR count). The quantitative estimate of drug-likeness (QED) is 0.630. The Morgan fingerprint density at radius 2 is 1.81 bits per heavy atom. The summed E-state index contributed by atoms with van der Waals surface area (Å²) >= 11 is 0. The van der Waals surface area contributed by atoms with E-state index < -0.39 is 15.9 Å². The van der Waals surface area contributed by atoms with Crippen molar-refractivity contribution in [1.29, 1.82) is 0 Å². The van der Waals surface area contributed by atoms with Crippen molar-refractivity contribution in [2.75, 3.05) is 13.7 Å². The van der Waals surface area contributed by atoms with Crippen LogP contribution in [0.1, 0.15) is 52.9 Å². The Morgan fingerprint density at radius 1 is 1.09 bits per heavy atom. The maximum absolute atomic E-state index is 13.4. The number of allylic oxidation sites excluding steroid dienone is 1. The molecule has 6 heteroatoms. The van der Waals surface area contributed by atoms with Crippen LogP contribution in [0.2, 0.25) is 0 Å². The topological polar surface area (TPSA) is 69.7 Å². The van der Waals surface area contributed by atoms with Crippen molar-refractivity contribution in [3.05, 3.63) is 40.8 Å². The van der Waals surface area contributed by atoms with Gasteiger partial charge >= 0.3 is 0 Å². The van der Waals surface area contributed by atoms with Gasteiger partial charge in [0.1, 0.15) is 6.10 Å². The van der Waals surface area contributed by atoms with Gasteiger partial charge < -0.3 is 9.47 Å². The fourth-order valence-corrected chi connectivity index (χ4v) is 8.23. The van der Waals surface area contributed by atoms with Crippen LogP contribution < -0.4 is 0 Å². The number of carbonyl (C=O) groups excluding carboxylic acids is 1. The number of hydrogen-bond donors (Lipinski definition) is 0. The molecule has 176 valence electrons. The van der Waals surface area contributed by atoms with Gasteiger partial charge in [-0.15, -0.1) is 0 Å². The average Bonchev–Trinajstić information content (AvgIpc) is 3.15. The van der Waals surface area contributed by atoms with E-state index in [1.807, 2.05) is 13.0 Å². The Morgan fingerprint density at radius 3 is 2.47 bits per heavy atom. The summed E-state index contributed by atoms with van der Waals surface area (Å²) in [5, 5.41) is 0. The summed E-state index contributed by atoms with van der Waals surface area (Å²) in [5.41, 5.74) is 0.829. The SMILES string of the molecule is COC[C@H]1CC[C@H](C(C)C)[C@@H]2[C@H]1[C@H]1C/C(C)=C(/S(=O)(=O)c3ccccc3)CCC(=O)[C@@H]2O1. The van der Waals surface area contributed by atoms with E-state index in [0.717, 1.165) is 18.4 Å². The number of rotatable bonds is 5. The lowest BCUT2D eigenvalue weighted by Crippen LogP contribution is -2.44. The molecule has 3 aliphatic rings. The number of benzene rings is 1. The van der Waals surface area contributed by atoms with E-state index in [1.54, 1.807) is 31.4 Å². The second-order valence-corrected chi connectivity index (χ2v) is 12.1. The van der Waals surface area contributed by atoms with Crippen LogP contribution in [0.25, 0.3) is 0 Å². The van der Waals surface area contributed by atoms with E-state index in [-0.39, 0.29) is 36.6 Å². The first-order valence-electron chi connectivity index (χ1n) is 11.9. The standard InChI is InChI=1S/C26H36O5S/c1-16(2)20-11-10-18(15-30-4)24-22-14-17(3)23(13-12-21(27)26(31-22)25(20)24)32(28,29)19-8-6-5-7-9-19/h5-9,16,18,20,22,24-26H,10-15H2,1-4H3/b23-17+/t18-,20-,22-,24-,25-,26+/m1/s1. The molecule has 1 saturated carbocycles. The predicted octanol–water partition coefficient (Wildman–Crippen LogP) is 4.82. The molecule has 2 bridgehead atoms. The summed E-state index contributed by atoms with van der Waals surface area (Å²) in [7, 11) is -1.91. The molecule has 1 aliphatic carbocycles. The number of ketones is 1. The lowest BCUT2D eigenvalue weighted by atomic mass is 9.60. The van der Waals surface area contributed by atoms with E-state index in [0.29, 0.717) is 40.6 Å². The Labute approximate surface area is 192 Å². The molecule has 2 fully saturated rings. The number of sulfone groups is 1. The maximum atomic E-state index is 13.4. The highest BCUT2D eigenvalue weighted by molar-refractivity contribution is 7.95. The van der Waals surface area contributed by atoms with Crippen LogP contribution in [0.4, 0.5) is 0 Å². The van der Waals surface area contributed by atoms with Crippen molar-refractivity contribution in [2.24, 2.45) is 29.6 Å². The molecule has 5 nitrogen and oxygen atoms in total. The molecular formula is C26H36O5S. The van der Waals surface area contributed by atoms with Gasteiger partial charge in [-0.05, 0) is 68.4 Å². The summed E-state index contributed by atoms with van der Waals surface area (Å²) in [4.78, 5) is 14.1. The van der Waals surface area contributed by atoms with Crippen LogP contribution in [0.15, 0.2) is 45.7 Å². The van der Waals surface area contributed by atoms with E-state index >= 15 is 0 Å². The van der Waals surface area contributed by atoms with Crippen LogP contribution >= 0.6 is 0 Å². The lowest BCUT2D eigenvalue weighted by molar-refractivity contribution is -0.132. The summed E-state index contributed by atoms with van der Waals surface area (Å²) in [6.07, 6.45) is 2.60. The number of Topliss-reactive ketones (excluding diaryl/α,β-unsaturated/α-hetero) is 1. The van der Waals surface area contributed by atoms with Crippen LogP contribution in [0.5, 0.6) is 0 Å². The summed E-state index contributed by atoms with van der Waals surface area (Å²) < 4.78 is 39.0. The van der Waals surface area contributed by atoms with E-state index in [2.05, 4.69) is 13.8 Å². The number of ether oxygens (including phenoxy) is 2. The molecule has 32 heavy (non-hydrogen) atoms. The van der Waals surface area contributed by atoms with E-state index in [4.69, 9.17) is 9.47 Å². The smallest absolute Gasteiger partial charge is 0.202 e. The van der Waals surface area contributed by atoms with Crippen molar-refractivity contribution >= 4 is 15.6 Å². The lowest BCUT2D eigenvalue weighted by Gasteiger charge is -2.43. The highest BCUT2D eigenvalue weighted by Gasteiger charge is 2.55. The summed E-state index contributed by atoms with van der Waals surface area (Å²) in [5.74, 6) is 1.74. The molecular weight excluding hydrogens is 424 g/mol. The molecule has 0 aromatic heterocycles. The minimum absolute atomic E-state index is 0.0571. The van der Waals surface area contributed by atoms with Gasteiger partial charge in [-0.2, -0.15) is 0 Å². The molecule has 1 aromatic rings. The molecule has 2 heterocycles. The Kier molecular flexibility index (Phi) is 6.94. The summed E-state index contributed by atoms with van der Waals surface area (Å²) in [6.45, 7) is 7.06. The third kappa shape index (κ3) is 4.22. The third-order valence-corrected chi connectivity index (χ3v) is 10.1. The fourth-order valence-electron chi connectivity index (χ4n) is 6.51. The van der Waals surface area contributed by atoms with Gasteiger partial charge in [-0.3, -0.25) is 4.79 Å². The van der Waals surface area contributed by atoms with Crippen molar-refractivity contribution in [3.63, 3.8) is 0 Å². The zero-order chi connectivity index (χ0) is 23.0. The van der Waals surface area contributed by atoms with Gasteiger partial charge in [-0.1, -0.05) is 37.6 Å². The first kappa shape index (κ1) is 23.7. The molecule has 0 unspecified atom stereocenters. The van der Waals surface area contributed by atoms with Crippen LogP contribution in [-0.2, 0) is 24.1 Å². The van der Waals surface area contributed by atoms with E-state index in [1.165, 1.54) is 0 Å². The molecule has 6 atom stereocenters. The van der Waals surface area contributed by atoms with Crippen molar-refractivity contribution < 1.29 is 22.7 Å². The van der Waals surface area contributed by atoms with Crippen molar-refractivity contribution in [3.8, 4) is 0 Å². The molecule has 0 spiro atoms. The molecule has 0 amide bonds. The second-order valence-electron chi connectivity index (χ2n) is 10.1. The van der Waals surface area contributed by atoms with Gasteiger partial charge in [0.25, 0.3) is 0 Å². The maximum Gasteiger partial charge on any atom is 0.202 e. The molecule has 2 aliphatic heterocycles. The zero-order valence-corrected chi connectivity index (χ0v) is 20.4. The number of carbonyl (C=O) groups is 1. The normalized spacial score (nSPS) is 35.8. The minimum atomic E-state index is -3.64. The Hall–Kier alpha value is -1.50. The van der Waals surface area contributed by atoms with Crippen molar-refractivity contribution in [2.45, 2.75) is 70.0 Å².